The number of nitrogens with zero attached hydrogens (tertiary/aromatic N) is 2. The quantitative estimate of drug-likeness (QED) is 0.689. The van der Waals surface area contributed by atoms with Crippen molar-refractivity contribution in [1.82, 2.24) is 15.2 Å². The molecular formula is C16H14N4O2. The van der Waals surface area contributed by atoms with Crippen molar-refractivity contribution in [3.8, 4) is 22.5 Å². The molecule has 0 aliphatic heterocycles. The summed E-state index contributed by atoms with van der Waals surface area (Å²) in [6.45, 7) is 1.89. The van der Waals surface area contributed by atoms with E-state index >= 15 is 0 Å². The molecule has 1 amide bonds. The van der Waals surface area contributed by atoms with Gasteiger partial charge in [-0.1, -0.05) is 30.3 Å². The van der Waals surface area contributed by atoms with Crippen molar-refractivity contribution in [3.05, 3.63) is 54.4 Å². The number of carbonyl (C=O) groups is 1. The number of pyridine rings is 1. The highest BCUT2D eigenvalue weighted by atomic mass is 16.4. The number of rotatable bonds is 3. The maximum atomic E-state index is 11.0. The molecule has 6 nitrogen and oxygen atoms in total. The first-order chi connectivity index (χ1) is 10.6. The fourth-order valence-corrected chi connectivity index (χ4v) is 2.31. The molecule has 1 aromatic carbocycles. The lowest BCUT2D eigenvalue weighted by atomic mass is 10.0. The van der Waals surface area contributed by atoms with Gasteiger partial charge in [-0.3, -0.25) is 10.4 Å². The number of anilines is 1. The first-order valence-electron chi connectivity index (χ1n) is 6.71. The SMILES string of the molecule is Cc1cc(NC(=O)O)c(-c2ccccc2)nc1-c1cn[nH]c1. The lowest BCUT2D eigenvalue weighted by molar-refractivity contribution is 0.210. The van der Waals surface area contributed by atoms with E-state index in [9.17, 15) is 4.79 Å². The Kier molecular flexibility index (Phi) is 3.57. The van der Waals surface area contributed by atoms with Crippen molar-refractivity contribution in [3.63, 3.8) is 0 Å². The first-order valence-corrected chi connectivity index (χ1v) is 6.71. The van der Waals surface area contributed by atoms with Gasteiger partial charge in [0.2, 0.25) is 0 Å². The number of aromatic amines is 1. The molecule has 0 aliphatic carbocycles. The van der Waals surface area contributed by atoms with Crippen LogP contribution in [0, 0.1) is 6.92 Å². The highest BCUT2D eigenvalue weighted by molar-refractivity contribution is 5.90. The van der Waals surface area contributed by atoms with E-state index in [-0.39, 0.29) is 0 Å². The Bertz CT molecular complexity index is 799. The van der Waals surface area contributed by atoms with Crippen molar-refractivity contribution in [2.75, 3.05) is 5.32 Å². The second-order valence-corrected chi connectivity index (χ2v) is 4.83. The summed E-state index contributed by atoms with van der Waals surface area (Å²) in [5.41, 5.74) is 4.38. The topological polar surface area (TPSA) is 90.9 Å². The van der Waals surface area contributed by atoms with Crippen LogP contribution in [-0.4, -0.2) is 26.4 Å². The zero-order chi connectivity index (χ0) is 15.5. The molecule has 0 atom stereocenters. The average molecular weight is 294 g/mol. The van der Waals surface area contributed by atoms with E-state index in [1.807, 2.05) is 37.3 Å². The molecule has 22 heavy (non-hydrogen) atoms. The number of benzene rings is 1. The third kappa shape index (κ3) is 2.67. The van der Waals surface area contributed by atoms with Gasteiger partial charge in [0.25, 0.3) is 0 Å². The van der Waals surface area contributed by atoms with Gasteiger partial charge in [-0.2, -0.15) is 5.10 Å². The molecule has 3 aromatic rings. The third-order valence-corrected chi connectivity index (χ3v) is 3.27. The Balaban J connectivity index is 2.19. The summed E-state index contributed by atoms with van der Waals surface area (Å²) < 4.78 is 0. The maximum absolute atomic E-state index is 11.0. The lowest BCUT2D eigenvalue weighted by Gasteiger charge is -2.13. The second-order valence-electron chi connectivity index (χ2n) is 4.83. The number of aromatic nitrogens is 3. The lowest BCUT2D eigenvalue weighted by Crippen LogP contribution is -2.10. The minimum absolute atomic E-state index is 0.462. The molecule has 0 fully saturated rings. The van der Waals surface area contributed by atoms with E-state index in [1.54, 1.807) is 18.5 Å². The largest absolute Gasteiger partial charge is 0.465 e. The number of H-pyrrole nitrogens is 1. The number of nitrogens with one attached hydrogen (secondary N) is 2. The summed E-state index contributed by atoms with van der Waals surface area (Å²) in [6, 6.07) is 11.2. The van der Waals surface area contributed by atoms with E-state index in [2.05, 4.69) is 20.5 Å². The van der Waals surface area contributed by atoms with Crippen molar-refractivity contribution in [2.24, 2.45) is 0 Å². The Labute approximate surface area is 126 Å². The van der Waals surface area contributed by atoms with Gasteiger partial charge in [0.1, 0.15) is 0 Å². The molecule has 0 spiro atoms. The monoisotopic (exact) mass is 294 g/mol. The van der Waals surface area contributed by atoms with Crippen molar-refractivity contribution in [2.45, 2.75) is 6.92 Å². The van der Waals surface area contributed by atoms with E-state index < -0.39 is 6.09 Å². The van der Waals surface area contributed by atoms with E-state index in [0.717, 1.165) is 22.4 Å². The van der Waals surface area contributed by atoms with E-state index in [4.69, 9.17) is 5.11 Å². The molecule has 6 heteroatoms. The Morgan fingerprint density at radius 2 is 1.95 bits per heavy atom. The van der Waals surface area contributed by atoms with Gasteiger partial charge >= 0.3 is 6.09 Å². The van der Waals surface area contributed by atoms with E-state index in [0.29, 0.717) is 11.4 Å². The van der Waals surface area contributed by atoms with Gasteiger partial charge in [0, 0.05) is 17.3 Å². The zero-order valence-electron chi connectivity index (χ0n) is 11.9. The van der Waals surface area contributed by atoms with Crippen LogP contribution in [0.4, 0.5) is 10.5 Å². The normalized spacial score (nSPS) is 10.4. The highest BCUT2D eigenvalue weighted by Crippen LogP contribution is 2.31. The average Bonchev–Trinajstić information content (AvgIpc) is 3.02. The molecule has 3 N–H and O–H groups in total. The molecule has 0 bridgehead atoms. The number of hydrogen-bond donors (Lipinski definition) is 3. The second kappa shape index (κ2) is 5.69. The fourth-order valence-electron chi connectivity index (χ4n) is 2.31. The maximum Gasteiger partial charge on any atom is 0.409 e. The van der Waals surface area contributed by atoms with Crippen LogP contribution < -0.4 is 5.32 Å². The standard InChI is InChI=1S/C16H14N4O2/c1-10-7-13(19-16(21)22)15(11-5-3-2-4-6-11)20-14(10)12-8-17-18-9-12/h2-9,19H,1H3,(H,17,18)(H,21,22). The third-order valence-electron chi connectivity index (χ3n) is 3.27. The summed E-state index contributed by atoms with van der Waals surface area (Å²) in [5, 5.41) is 18.1. The van der Waals surface area contributed by atoms with Crippen molar-refractivity contribution < 1.29 is 9.90 Å². The molecule has 2 aromatic heterocycles. The van der Waals surface area contributed by atoms with Crippen LogP contribution in [0.25, 0.3) is 22.5 Å². The molecule has 2 heterocycles. The van der Waals surface area contributed by atoms with Crippen LogP contribution in [0.5, 0.6) is 0 Å². The smallest absolute Gasteiger partial charge is 0.409 e. The van der Waals surface area contributed by atoms with Gasteiger partial charge in [0.05, 0.1) is 23.3 Å². The highest BCUT2D eigenvalue weighted by Gasteiger charge is 2.14. The summed E-state index contributed by atoms with van der Waals surface area (Å²) in [5.74, 6) is 0. The predicted octanol–water partition coefficient (Wildman–Crippen LogP) is 3.54. The van der Waals surface area contributed by atoms with Gasteiger partial charge in [0.15, 0.2) is 0 Å². The summed E-state index contributed by atoms with van der Waals surface area (Å²) in [4.78, 5) is 15.7. The number of aryl methyl sites for hydroxylation is 1. The predicted molar refractivity (Wildman–Crippen MR) is 83.6 cm³/mol. The fraction of sp³-hybridized carbons (Fsp3) is 0.0625. The van der Waals surface area contributed by atoms with Gasteiger partial charge in [-0.25, -0.2) is 9.78 Å². The van der Waals surface area contributed by atoms with Crippen LogP contribution in [0.1, 0.15) is 5.56 Å². The molecule has 0 saturated heterocycles. The van der Waals surface area contributed by atoms with Crippen LogP contribution in [0.2, 0.25) is 0 Å². The molecular weight excluding hydrogens is 280 g/mol. The van der Waals surface area contributed by atoms with Crippen LogP contribution >= 0.6 is 0 Å². The summed E-state index contributed by atoms with van der Waals surface area (Å²) in [6.07, 6.45) is 2.33. The molecule has 3 rings (SSSR count). The molecule has 110 valence electrons. The van der Waals surface area contributed by atoms with Crippen molar-refractivity contribution >= 4 is 11.8 Å². The van der Waals surface area contributed by atoms with Crippen LogP contribution in [0.3, 0.4) is 0 Å². The molecule has 0 radical (unpaired) electrons. The van der Waals surface area contributed by atoms with Crippen molar-refractivity contribution in [1.29, 1.82) is 0 Å². The summed E-state index contributed by atoms with van der Waals surface area (Å²) in [7, 11) is 0. The minimum atomic E-state index is -1.12. The van der Waals surface area contributed by atoms with Gasteiger partial charge in [-0.15, -0.1) is 0 Å². The number of amides is 1. The molecule has 0 unspecified atom stereocenters. The first kappa shape index (κ1) is 13.8. The van der Waals surface area contributed by atoms with Gasteiger partial charge < -0.3 is 5.11 Å². The van der Waals surface area contributed by atoms with E-state index in [1.165, 1.54) is 0 Å². The molecule has 0 saturated carbocycles. The van der Waals surface area contributed by atoms with Gasteiger partial charge in [-0.05, 0) is 18.6 Å². The van der Waals surface area contributed by atoms with Crippen LogP contribution in [-0.2, 0) is 0 Å². The Morgan fingerprint density at radius 3 is 2.59 bits per heavy atom. The Morgan fingerprint density at radius 1 is 1.18 bits per heavy atom. The zero-order valence-corrected chi connectivity index (χ0v) is 11.9. The summed E-state index contributed by atoms with van der Waals surface area (Å²) >= 11 is 0. The molecule has 0 aliphatic rings. The Hall–Kier alpha value is -3.15. The number of carboxylic acid groups (broad SMARTS) is 1. The minimum Gasteiger partial charge on any atom is -0.465 e. The van der Waals surface area contributed by atoms with Crippen LogP contribution in [0.15, 0.2) is 48.8 Å². The number of hydrogen-bond acceptors (Lipinski definition) is 3.